The van der Waals surface area contributed by atoms with E-state index in [1.165, 1.54) is 30.5 Å². The maximum atomic E-state index is 13.0. The molecule has 2 rings (SSSR count). The number of amides is 1. The molecule has 1 heterocycles. The topological polar surface area (TPSA) is 67.0 Å². The lowest BCUT2D eigenvalue weighted by Crippen LogP contribution is -2.31. The van der Waals surface area contributed by atoms with Gasteiger partial charge in [0, 0.05) is 12.4 Å². The van der Waals surface area contributed by atoms with Crippen LogP contribution in [-0.2, 0) is 16.1 Å². The van der Waals surface area contributed by atoms with Gasteiger partial charge in [-0.1, -0.05) is 30.3 Å². The lowest BCUT2D eigenvalue weighted by molar-refractivity contribution is -0.223. The van der Waals surface area contributed by atoms with E-state index in [-0.39, 0.29) is 12.1 Å². The second-order valence-corrected chi connectivity index (χ2v) is 4.46. The van der Waals surface area contributed by atoms with Crippen molar-refractivity contribution >= 4 is 5.91 Å². The van der Waals surface area contributed by atoms with Gasteiger partial charge >= 0.3 is 6.18 Å². The highest BCUT2D eigenvalue weighted by molar-refractivity contribution is 5.77. The molecule has 0 saturated carbocycles. The smallest absolute Gasteiger partial charge is 0.354 e. The van der Waals surface area contributed by atoms with E-state index in [9.17, 15) is 18.0 Å². The molecule has 0 bridgehead atoms. The van der Waals surface area contributed by atoms with Crippen molar-refractivity contribution in [1.29, 1.82) is 0 Å². The monoisotopic (exact) mass is 313 g/mol. The van der Waals surface area contributed by atoms with Gasteiger partial charge in [-0.25, -0.2) is 4.98 Å². The minimum Gasteiger partial charge on any atom is -0.354 e. The van der Waals surface area contributed by atoms with Crippen LogP contribution in [0.2, 0.25) is 0 Å². The number of benzene rings is 1. The number of hydrogen-bond acceptors (Lipinski definition) is 3. The number of ether oxygens (including phenoxy) is 1. The van der Waals surface area contributed by atoms with Gasteiger partial charge < -0.3 is 15.0 Å². The van der Waals surface area contributed by atoms with Crippen molar-refractivity contribution in [2.45, 2.75) is 18.8 Å². The Balaban J connectivity index is 1.90. The van der Waals surface area contributed by atoms with E-state index in [2.05, 4.69) is 15.3 Å². The van der Waals surface area contributed by atoms with Crippen molar-refractivity contribution in [3.05, 3.63) is 54.1 Å². The number of hydrogen-bond donors (Lipinski definition) is 2. The van der Waals surface area contributed by atoms with E-state index in [0.717, 1.165) is 0 Å². The van der Waals surface area contributed by atoms with Crippen molar-refractivity contribution in [2.24, 2.45) is 0 Å². The Morgan fingerprint density at radius 1 is 1.32 bits per heavy atom. The van der Waals surface area contributed by atoms with E-state index >= 15 is 0 Å². The molecule has 0 aliphatic carbocycles. The quantitative estimate of drug-likeness (QED) is 0.860. The molecule has 8 heteroatoms. The SMILES string of the molecule is O=C(CO[C@H](c1ccccc1)C(F)(F)F)NCc1ncc[nH]1. The van der Waals surface area contributed by atoms with E-state index in [1.54, 1.807) is 12.3 Å². The summed E-state index contributed by atoms with van der Waals surface area (Å²) in [6.45, 7) is -0.600. The second kappa shape index (κ2) is 7.08. The number of halogens is 3. The third-order valence-corrected chi connectivity index (χ3v) is 2.79. The summed E-state index contributed by atoms with van der Waals surface area (Å²) >= 11 is 0. The molecule has 1 amide bonds. The van der Waals surface area contributed by atoms with Crippen molar-refractivity contribution in [3.8, 4) is 0 Å². The molecule has 5 nitrogen and oxygen atoms in total. The Morgan fingerprint density at radius 3 is 2.64 bits per heavy atom. The Labute approximate surface area is 124 Å². The van der Waals surface area contributed by atoms with E-state index in [4.69, 9.17) is 4.74 Å². The Kier molecular flexibility index (Phi) is 5.16. The molecule has 1 atom stereocenters. The molecule has 2 aromatic rings. The maximum Gasteiger partial charge on any atom is 0.418 e. The summed E-state index contributed by atoms with van der Waals surface area (Å²) in [5.41, 5.74) is -0.0474. The van der Waals surface area contributed by atoms with Crippen LogP contribution >= 0.6 is 0 Å². The highest BCUT2D eigenvalue weighted by Crippen LogP contribution is 2.35. The van der Waals surface area contributed by atoms with Gasteiger partial charge in [0.1, 0.15) is 12.4 Å². The van der Waals surface area contributed by atoms with Gasteiger partial charge in [0.2, 0.25) is 5.91 Å². The van der Waals surface area contributed by atoms with Gasteiger partial charge in [0.25, 0.3) is 0 Å². The number of carbonyl (C=O) groups excluding carboxylic acids is 1. The number of H-pyrrole nitrogens is 1. The molecule has 0 spiro atoms. The molecule has 0 aliphatic rings. The molecular formula is C14H14F3N3O2. The third kappa shape index (κ3) is 4.59. The number of aromatic nitrogens is 2. The van der Waals surface area contributed by atoms with Gasteiger partial charge in [0.15, 0.2) is 6.10 Å². The highest BCUT2D eigenvalue weighted by atomic mass is 19.4. The summed E-state index contributed by atoms with van der Waals surface area (Å²) in [5, 5.41) is 2.42. The van der Waals surface area contributed by atoms with Crippen LogP contribution in [0.3, 0.4) is 0 Å². The lowest BCUT2D eigenvalue weighted by Gasteiger charge is -2.20. The van der Waals surface area contributed by atoms with Crippen molar-refractivity contribution in [1.82, 2.24) is 15.3 Å². The summed E-state index contributed by atoms with van der Waals surface area (Å²) in [5.74, 6) is -0.148. The number of alkyl halides is 3. The predicted octanol–water partition coefficient (Wildman–Crippen LogP) is 2.35. The van der Waals surface area contributed by atoms with Gasteiger partial charge in [-0.15, -0.1) is 0 Å². The average Bonchev–Trinajstić information content (AvgIpc) is 2.98. The number of nitrogens with zero attached hydrogens (tertiary/aromatic N) is 1. The zero-order valence-electron chi connectivity index (χ0n) is 11.4. The molecule has 1 aromatic heterocycles. The highest BCUT2D eigenvalue weighted by Gasteiger charge is 2.42. The number of rotatable bonds is 6. The molecule has 118 valence electrons. The molecule has 22 heavy (non-hydrogen) atoms. The summed E-state index contributed by atoms with van der Waals surface area (Å²) in [4.78, 5) is 18.2. The van der Waals surface area contributed by atoms with Crippen LogP contribution in [-0.4, -0.2) is 28.7 Å². The van der Waals surface area contributed by atoms with Crippen LogP contribution in [0.1, 0.15) is 17.5 Å². The Hall–Kier alpha value is -2.35. The minimum absolute atomic E-state index is 0.0474. The number of nitrogens with one attached hydrogen (secondary N) is 2. The van der Waals surface area contributed by atoms with Crippen molar-refractivity contribution < 1.29 is 22.7 Å². The van der Waals surface area contributed by atoms with Gasteiger partial charge in [-0.05, 0) is 5.56 Å². The average molecular weight is 313 g/mol. The summed E-state index contributed by atoms with van der Waals surface area (Å²) in [7, 11) is 0. The molecule has 2 N–H and O–H groups in total. The first-order chi connectivity index (χ1) is 10.5. The molecule has 0 radical (unpaired) electrons. The zero-order valence-corrected chi connectivity index (χ0v) is 11.4. The third-order valence-electron chi connectivity index (χ3n) is 2.79. The molecule has 0 aliphatic heterocycles. The van der Waals surface area contributed by atoms with E-state index in [1.807, 2.05) is 0 Å². The van der Waals surface area contributed by atoms with Crippen molar-refractivity contribution in [3.63, 3.8) is 0 Å². The minimum atomic E-state index is -4.59. The second-order valence-electron chi connectivity index (χ2n) is 4.46. The first kappa shape index (κ1) is 16.0. The summed E-state index contributed by atoms with van der Waals surface area (Å²) in [6.07, 6.45) is -3.65. The maximum absolute atomic E-state index is 13.0. The number of aromatic amines is 1. The van der Waals surface area contributed by atoms with Crippen molar-refractivity contribution in [2.75, 3.05) is 6.61 Å². The number of carbonyl (C=O) groups is 1. The normalized spacial score (nSPS) is 12.9. The Bertz CT molecular complexity index is 585. The van der Waals surface area contributed by atoms with Crippen LogP contribution in [0.5, 0.6) is 0 Å². The molecular weight excluding hydrogens is 299 g/mol. The molecule has 0 fully saturated rings. The van der Waals surface area contributed by atoms with E-state index in [0.29, 0.717) is 5.82 Å². The van der Waals surface area contributed by atoms with Crippen LogP contribution in [0.15, 0.2) is 42.7 Å². The van der Waals surface area contributed by atoms with Crippen LogP contribution < -0.4 is 5.32 Å². The van der Waals surface area contributed by atoms with Gasteiger partial charge in [-0.3, -0.25) is 4.79 Å². The largest absolute Gasteiger partial charge is 0.418 e. The fraction of sp³-hybridized carbons (Fsp3) is 0.286. The molecule has 1 aromatic carbocycles. The fourth-order valence-electron chi connectivity index (χ4n) is 1.79. The van der Waals surface area contributed by atoms with Crippen LogP contribution in [0, 0.1) is 0 Å². The zero-order chi connectivity index (χ0) is 16.0. The van der Waals surface area contributed by atoms with Gasteiger partial charge in [0.05, 0.1) is 6.54 Å². The predicted molar refractivity (Wildman–Crippen MR) is 71.6 cm³/mol. The van der Waals surface area contributed by atoms with Crippen LogP contribution in [0.25, 0.3) is 0 Å². The number of imidazole rings is 1. The summed E-state index contributed by atoms with van der Waals surface area (Å²) in [6, 6.07) is 7.17. The standard InChI is InChI=1S/C14H14F3N3O2/c15-14(16,17)13(10-4-2-1-3-5-10)22-9-12(21)20-8-11-18-6-7-19-11/h1-7,13H,8-9H2,(H,18,19)(H,20,21)/t13-/m1/s1. The summed E-state index contributed by atoms with van der Waals surface area (Å²) < 4.78 is 43.7. The molecule has 0 unspecified atom stereocenters. The first-order valence-electron chi connectivity index (χ1n) is 6.45. The fourth-order valence-corrected chi connectivity index (χ4v) is 1.79. The van der Waals surface area contributed by atoms with Crippen LogP contribution in [0.4, 0.5) is 13.2 Å². The molecule has 0 saturated heterocycles. The van der Waals surface area contributed by atoms with E-state index < -0.39 is 24.8 Å². The first-order valence-corrected chi connectivity index (χ1v) is 6.45. The van der Waals surface area contributed by atoms with Gasteiger partial charge in [-0.2, -0.15) is 13.2 Å². The Morgan fingerprint density at radius 2 is 2.05 bits per heavy atom. The lowest BCUT2D eigenvalue weighted by atomic mass is 10.1.